The molecule has 0 aromatic rings. The van der Waals surface area contributed by atoms with Gasteiger partial charge in [-0.2, -0.15) is 0 Å². The lowest BCUT2D eigenvalue weighted by molar-refractivity contribution is -0.301. The third-order valence-corrected chi connectivity index (χ3v) is 12.4. The van der Waals surface area contributed by atoms with E-state index in [1.165, 1.54) is 70.6 Å². The van der Waals surface area contributed by atoms with Crippen molar-refractivity contribution >= 4 is 23.9 Å². The highest BCUT2D eigenvalue weighted by molar-refractivity contribution is 5.74. The summed E-state index contributed by atoms with van der Waals surface area (Å²) < 4.78 is 28.3. The van der Waals surface area contributed by atoms with Crippen LogP contribution in [-0.2, 0) is 42.9 Å². The highest BCUT2D eigenvalue weighted by Gasteiger charge is 2.50. The molecule has 6 unspecified atom stereocenters. The zero-order chi connectivity index (χ0) is 50.4. The summed E-state index contributed by atoms with van der Waals surface area (Å²) in [4.78, 5) is 50.8. The first-order chi connectivity index (χ1) is 33.6. The number of aliphatic carboxylic acids is 1. The molecule has 1 fully saturated rings. The van der Waals surface area contributed by atoms with Crippen LogP contribution in [0.25, 0.3) is 0 Å². The molecule has 0 spiro atoms. The number of carbonyl (C=O) groups excluding carboxylic acids is 3. The van der Waals surface area contributed by atoms with Gasteiger partial charge in [-0.15, -0.1) is 0 Å². The van der Waals surface area contributed by atoms with Gasteiger partial charge in [-0.25, -0.2) is 4.79 Å². The van der Waals surface area contributed by atoms with E-state index in [4.69, 9.17) is 23.7 Å². The molecule has 0 aliphatic carbocycles. The predicted octanol–water partition coefficient (Wildman–Crippen LogP) is 13.4. The number of hydrogen-bond acceptors (Lipinski definition) is 11. The van der Waals surface area contributed by atoms with Gasteiger partial charge < -0.3 is 39.0 Å². The Morgan fingerprint density at radius 2 is 0.913 bits per heavy atom. The topological polar surface area (TPSA) is 175 Å². The minimum Gasteiger partial charge on any atom is -0.479 e. The molecule has 12 nitrogen and oxygen atoms in total. The van der Waals surface area contributed by atoms with E-state index < -0.39 is 67.3 Å². The van der Waals surface area contributed by atoms with Gasteiger partial charge in [-0.05, 0) is 77.0 Å². The van der Waals surface area contributed by atoms with Crippen LogP contribution in [0.15, 0.2) is 48.6 Å². The van der Waals surface area contributed by atoms with E-state index in [1.54, 1.807) is 0 Å². The fourth-order valence-electron chi connectivity index (χ4n) is 8.14. The number of unbranched alkanes of at least 4 members (excludes halogenated alkanes) is 24. The number of rotatable bonds is 46. The molecule has 1 rings (SSSR count). The van der Waals surface area contributed by atoms with Gasteiger partial charge in [-0.3, -0.25) is 14.4 Å². The molecule has 1 heterocycles. The van der Waals surface area contributed by atoms with Gasteiger partial charge in [0.1, 0.15) is 18.8 Å². The Hall–Kier alpha value is -3.32. The lowest BCUT2D eigenvalue weighted by atomic mass is 9.98. The van der Waals surface area contributed by atoms with Crippen molar-refractivity contribution in [2.24, 2.45) is 0 Å². The van der Waals surface area contributed by atoms with Crippen LogP contribution in [0.1, 0.15) is 239 Å². The molecule has 1 aliphatic heterocycles. The van der Waals surface area contributed by atoms with Crippen LogP contribution < -0.4 is 0 Å². The summed E-state index contributed by atoms with van der Waals surface area (Å²) in [7, 11) is 0. The largest absolute Gasteiger partial charge is 0.479 e. The number of allylic oxidation sites excluding steroid dienone is 8. The van der Waals surface area contributed by atoms with E-state index in [9.17, 15) is 34.5 Å². The Bertz CT molecular complexity index is 1390. The van der Waals surface area contributed by atoms with Crippen molar-refractivity contribution in [3.05, 3.63) is 48.6 Å². The number of esters is 3. The molecule has 12 heteroatoms. The van der Waals surface area contributed by atoms with E-state index in [0.717, 1.165) is 109 Å². The van der Waals surface area contributed by atoms with E-state index >= 15 is 0 Å². The molecule has 0 saturated carbocycles. The molecule has 69 heavy (non-hydrogen) atoms. The Kier molecular flexibility index (Phi) is 42.3. The van der Waals surface area contributed by atoms with Crippen LogP contribution in [0, 0.1) is 0 Å². The SMILES string of the molecule is CC/C=C\C/C=C\C/C=C\CCCCCCCC(=O)OC1C(OCC(COC(=O)CCCCCCC/C=C\CCCCCCCC)OC(=O)CCCCCCCCCCC)OC(C(=O)O)C(O)C1O. The van der Waals surface area contributed by atoms with Crippen LogP contribution in [0.5, 0.6) is 0 Å². The number of ether oxygens (including phenoxy) is 5. The zero-order valence-electron chi connectivity index (χ0n) is 43.6. The molecule has 0 radical (unpaired) electrons. The smallest absolute Gasteiger partial charge is 0.335 e. The second-order valence-electron chi connectivity index (χ2n) is 18.8. The molecule has 1 saturated heterocycles. The fourth-order valence-corrected chi connectivity index (χ4v) is 8.14. The van der Waals surface area contributed by atoms with Crippen LogP contribution in [-0.4, -0.2) is 89.2 Å². The normalized spacial score (nSPS) is 19.0. The van der Waals surface area contributed by atoms with Crippen molar-refractivity contribution < 1.29 is 58.2 Å². The van der Waals surface area contributed by atoms with Crippen molar-refractivity contribution in [2.75, 3.05) is 13.2 Å². The first kappa shape index (κ1) is 63.7. The number of carboxylic acid groups (broad SMARTS) is 1. The summed E-state index contributed by atoms with van der Waals surface area (Å²) in [6, 6.07) is 0. The molecule has 0 aromatic heterocycles. The van der Waals surface area contributed by atoms with E-state index in [2.05, 4.69) is 69.4 Å². The molecular formula is C57H98O12. The van der Waals surface area contributed by atoms with Crippen molar-refractivity contribution in [2.45, 2.75) is 276 Å². The molecule has 1 aliphatic rings. The standard InChI is InChI=1S/C57H98O12/c1-4-7-10-13-16-19-21-23-25-27-29-32-34-37-40-43-49(58)65-46-48(67-50(59)44-41-38-35-31-18-15-12-9-6-3)47-66-57-55(53(62)52(61)54(69-57)56(63)64)68-51(60)45-42-39-36-33-30-28-26-24-22-20-17-14-11-8-5-2/h8,11,17,20,23-26,48,52-55,57,61-62H,4-7,9-10,12-16,18-19,21-22,27-47H2,1-3H3,(H,63,64)/b11-8-,20-17-,25-23-,26-24-. The summed E-state index contributed by atoms with van der Waals surface area (Å²) in [5, 5.41) is 31.4. The van der Waals surface area contributed by atoms with Gasteiger partial charge in [0.05, 0.1) is 6.61 Å². The van der Waals surface area contributed by atoms with E-state index in [0.29, 0.717) is 19.3 Å². The number of carbonyl (C=O) groups is 4. The van der Waals surface area contributed by atoms with Crippen LogP contribution in [0.3, 0.4) is 0 Å². The zero-order valence-corrected chi connectivity index (χ0v) is 43.6. The molecule has 0 bridgehead atoms. The average Bonchev–Trinajstić information content (AvgIpc) is 3.33. The molecule has 0 aromatic carbocycles. The van der Waals surface area contributed by atoms with Gasteiger partial charge in [-0.1, -0.05) is 191 Å². The lowest BCUT2D eigenvalue weighted by Gasteiger charge is -2.40. The van der Waals surface area contributed by atoms with Gasteiger partial charge in [0.15, 0.2) is 24.6 Å². The van der Waals surface area contributed by atoms with Crippen LogP contribution in [0.2, 0.25) is 0 Å². The van der Waals surface area contributed by atoms with Gasteiger partial charge in [0.2, 0.25) is 0 Å². The fraction of sp³-hybridized carbons (Fsp3) is 0.789. The van der Waals surface area contributed by atoms with Crippen molar-refractivity contribution in [3.8, 4) is 0 Å². The van der Waals surface area contributed by atoms with Crippen LogP contribution in [0.4, 0.5) is 0 Å². The number of aliphatic hydroxyl groups is 2. The maximum Gasteiger partial charge on any atom is 0.335 e. The van der Waals surface area contributed by atoms with E-state index in [-0.39, 0.29) is 25.9 Å². The minimum atomic E-state index is -1.91. The first-order valence-electron chi connectivity index (χ1n) is 27.6. The molecular weight excluding hydrogens is 877 g/mol. The molecule has 6 atom stereocenters. The summed E-state index contributed by atoms with van der Waals surface area (Å²) in [5.41, 5.74) is 0. The Labute approximate surface area is 418 Å². The third kappa shape index (κ3) is 36.3. The number of hydrogen-bond donors (Lipinski definition) is 3. The monoisotopic (exact) mass is 975 g/mol. The lowest BCUT2D eigenvalue weighted by Crippen LogP contribution is -2.61. The second kappa shape index (κ2) is 45.8. The summed E-state index contributed by atoms with van der Waals surface area (Å²) in [5.74, 6) is -3.14. The van der Waals surface area contributed by atoms with Gasteiger partial charge in [0, 0.05) is 19.3 Å². The average molecular weight is 975 g/mol. The van der Waals surface area contributed by atoms with Crippen molar-refractivity contribution in [1.29, 1.82) is 0 Å². The highest BCUT2D eigenvalue weighted by Crippen LogP contribution is 2.26. The first-order valence-corrected chi connectivity index (χ1v) is 27.6. The number of carboxylic acids is 1. The molecule has 3 N–H and O–H groups in total. The molecule has 398 valence electrons. The maximum atomic E-state index is 13.0. The minimum absolute atomic E-state index is 0.0415. The second-order valence-corrected chi connectivity index (χ2v) is 18.8. The van der Waals surface area contributed by atoms with Gasteiger partial charge >= 0.3 is 23.9 Å². The number of aliphatic hydroxyl groups excluding tert-OH is 2. The maximum absolute atomic E-state index is 13.0. The van der Waals surface area contributed by atoms with Gasteiger partial charge in [0.25, 0.3) is 0 Å². The highest BCUT2D eigenvalue weighted by atomic mass is 16.7. The quantitative estimate of drug-likeness (QED) is 0.0228. The summed E-state index contributed by atoms with van der Waals surface area (Å²) in [6.45, 7) is 5.83. The molecule has 0 amide bonds. The van der Waals surface area contributed by atoms with Crippen molar-refractivity contribution in [3.63, 3.8) is 0 Å². The van der Waals surface area contributed by atoms with Crippen LogP contribution >= 0.6 is 0 Å². The van der Waals surface area contributed by atoms with E-state index in [1.807, 2.05) is 0 Å². The third-order valence-electron chi connectivity index (χ3n) is 12.4. The van der Waals surface area contributed by atoms with Crippen molar-refractivity contribution in [1.82, 2.24) is 0 Å². The summed E-state index contributed by atoms with van der Waals surface area (Å²) in [6.07, 6.45) is 41.0. The Balaban J connectivity index is 2.69. The predicted molar refractivity (Wildman–Crippen MR) is 276 cm³/mol. The Morgan fingerprint density at radius 3 is 1.41 bits per heavy atom. The summed E-state index contributed by atoms with van der Waals surface area (Å²) >= 11 is 0. The Morgan fingerprint density at radius 1 is 0.493 bits per heavy atom.